The lowest BCUT2D eigenvalue weighted by atomic mass is 9.92. The molecule has 0 saturated carbocycles. The molecule has 2 nitrogen and oxygen atoms in total. The molecule has 11 rings (SSSR count). The van der Waals surface area contributed by atoms with E-state index in [4.69, 9.17) is 16.0 Å². The summed E-state index contributed by atoms with van der Waals surface area (Å²) in [7, 11) is 0. The minimum atomic E-state index is 0.593. The first kappa shape index (κ1) is 33.2. The number of nitrogens with one attached hydrogen (secondary N) is 1. The smallest absolute Gasteiger partial charge is 0.154 e. The van der Waals surface area contributed by atoms with Crippen LogP contribution in [0.1, 0.15) is 0 Å². The van der Waals surface area contributed by atoms with Crippen molar-refractivity contribution in [2.75, 3.05) is 5.32 Å². The number of benzene rings is 10. The number of furan rings is 1. The van der Waals surface area contributed by atoms with Gasteiger partial charge in [-0.15, -0.1) is 0 Å². The van der Waals surface area contributed by atoms with Crippen LogP contribution in [0.15, 0.2) is 205 Å². The molecule has 0 saturated heterocycles. The molecule has 1 aromatic heterocycles. The number of anilines is 2. The van der Waals surface area contributed by atoms with Gasteiger partial charge in [0.25, 0.3) is 0 Å². The van der Waals surface area contributed by atoms with Crippen molar-refractivity contribution in [2.45, 2.75) is 0 Å². The van der Waals surface area contributed by atoms with Gasteiger partial charge in [0, 0.05) is 27.7 Å². The first-order valence-corrected chi connectivity index (χ1v) is 19.6. The van der Waals surface area contributed by atoms with Crippen LogP contribution in [-0.4, -0.2) is 0 Å². The van der Waals surface area contributed by atoms with Crippen LogP contribution >= 0.6 is 11.6 Å². The maximum atomic E-state index is 7.14. The topological polar surface area (TPSA) is 25.2 Å². The van der Waals surface area contributed by atoms with Gasteiger partial charge in [-0.3, -0.25) is 0 Å². The van der Waals surface area contributed by atoms with Crippen molar-refractivity contribution in [1.82, 2.24) is 0 Å². The molecule has 11 aromatic rings. The van der Waals surface area contributed by atoms with Gasteiger partial charge >= 0.3 is 0 Å². The van der Waals surface area contributed by atoms with Crippen molar-refractivity contribution in [3.8, 4) is 44.5 Å². The largest absolute Gasteiger partial charge is 0.454 e. The predicted molar refractivity (Wildman–Crippen MR) is 243 cm³/mol. The lowest BCUT2D eigenvalue weighted by molar-refractivity contribution is 0.670. The average molecular weight is 748 g/mol. The van der Waals surface area contributed by atoms with Gasteiger partial charge in [-0.05, 0) is 120 Å². The van der Waals surface area contributed by atoms with Gasteiger partial charge in [-0.2, -0.15) is 0 Å². The fourth-order valence-electron chi connectivity index (χ4n) is 8.53. The fourth-order valence-corrected chi connectivity index (χ4v) is 8.79. The van der Waals surface area contributed by atoms with E-state index in [1.165, 1.54) is 37.9 Å². The van der Waals surface area contributed by atoms with Crippen molar-refractivity contribution in [2.24, 2.45) is 0 Å². The van der Waals surface area contributed by atoms with E-state index in [-0.39, 0.29) is 0 Å². The Hall–Kier alpha value is -7.13. The number of hydrogen-bond donors (Lipinski definition) is 1. The lowest BCUT2D eigenvalue weighted by Crippen LogP contribution is -1.91. The Kier molecular flexibility index (Phi) is 7.91. The Balaban J connectivity index is 0.972. The van der Waals surface area contributed by atoms with E-state index in [1.807, 2.05) is 12.1 Å². The molecule has 0 aliphatic carbocycles. The van der Waals surface area contributed by atoms with Crippen molar-refractivity contribution < 1.29 is 4.42 Å². The summed E-state index contributed by atoms with van der Waals surface area (Å²) in [6, 6.07) is 71.1. The van der Waals surface area contributed by atoms with Crippen LogP contribution in [0.4, 0.5) is 11.4 Å². The summed E-state index contributed by atoms with van der Waals surface area (Å²) in [5, 5.41) is 13.6. The third kappa shape index (κ3) is 5.82. The van der Waals surface area contributed by atoms with Gasteiger partial charge in [-0.1, -0.05) is 163 Å². The highest BCUT2D eigenvalue weighted by atomic mass is 35.5. The van der Waals surface area contributed by atoms with Gasteiger partial charge in [0.15, 0.2) is 5.58 Å². The molecule has 0 aliphatic rings. The molecule has 0 atom stereocenters. The number of fused-ring (bicyclic) bond motifs is 7. The number of halogens is 1. The summed E-state index contributed by atoms with van der Waals surface area (Å²) < 4.78 is 6.66. The zero-order valence-corrected chi connectivity index (χ0v) is 31.6. The Morgan fingerprint density at radius 2 is 0.895 bits per heavy atom. The van der Waals surface area contributed by atoms with Crippen LogP contribution in [0.5, 0.6) is 0 Å². The van der Waals surface area contributed by atoms with E-state index in [9.17, 15) is 0 Å². The zero-order valence-electron chi connectivity index (χ0n) is 30.8. The predicted octanol–water partition coefficient (Wildman–Crippen LogP) is 16.1. The summed E-state index contributed by atoms with van der Waals surface area (Å²) in [4.78, 5) is 0. The molecule has 3 heteroatoms. The Bertz CT molecular complexity index is 3310. The summed E-state index contributed by atoms with van der Waals surface area (Å²) in [5.41, 5.74) is 12.6. The first-order chi connectivity index (χ1) is 28.1. The normalized spacial score (nSPS) is 11.6. The molecule has 1 N–H and O–H groups in total. The van der Waals surface area contributed by atoms with Crippen LogP contribution in [-0.2, 0) is 0 Å². The van der Waals surface area contributed by atoms with Crippen LogP contribution in [0.2, 0.25) is 5.02 Å². The van der Waals surface area contributed by atoms with Gasteiger partial charge in [-0.25, -0.2) is 0 Å². The summed E-state index contributed by atoms with van der Waals surface area (Å²) in [5.74, 6) is 0. The Labute approximate surface area is 335 Å². The standard InChI is InChI=1S/C54H34ClNO/c55-52-33-40(32-51-50-31-39(34-11-3-1-4-12-34)30-49(53(50)57-54(51)52)35-13-5-2-6-14-35)45-18-10-19-47-44(17-9-20-48(45)47)37-23-25-41(26-24-37)56-42-27-28-46-38(29-42)22-21-36-15-7-8-16-43(36)46/h1-33,56H. The third-order valence-electron chi connectivity index (χ3n) is 11.3. The molecule has 0 spiro atoms. The number of rotatable bonds is 6. The molecule has 268 valence electrons. The van der Waals surface area contributed by atoms with E-state index >= 15 is 0 Å². The fraction of sp³-hybridized carbons (Fsp3) is 0. The SMILES string of the molecule is Clc1cc(-c2cccc3c(-c4ccc(Nc5ccc6c(ccc7ccccc76)c5)cc4)cccc23)cc2c1oc1c(-c3ccccc3)cc(-c3ccccc3)cc12. The lowest BCUT2D eigenvalue weighted by Gasteiger charge is -2.13. The quantitative estimate of drug-likeness (QED) is 0.171. The van der Waals surface area contributed by atoms with Crippen molar-refractivity contribution in [3.63, 3.8) is 0 Å². The van der Waals surface area contributed by atoms with E-state index in [0.29, 0.717) is 10.6 Å². The van der Waals surface area contributed by atoms with Crippen molar-refractivity contribution >= 4 is 77.2 Å². The molecule has 0 amide bonds. The van der Waals surface area contributed by atoms with E-state index in [2.05, 4.69) is 193 Å². The minimum Gasteiger partial charge on any atom is -0.454 e. The number of hydrogen-bond acceptors (Lipinski definition) is 2. The molecule has 0 fully saturated rings. The Morgan fingerprint density at radius 1 is 0.316 bits per heavy atom. The monoisotopic (exact) mass is 747 g/mol. The van der Waals surface area contributed by atoms with Gasteiger partial charge < -0.3 is 9.73 Å². The third-order valence-corrected chi connectivity index (χ3v) is 11.6. The molecule has 0 unspecified atom stereocenters. The van der Waals surface area contributed by atoms with Crippen LogP contribution in [0, 0.1) is 0 Å². The van der Waals surface area contributed by atoms with Crippen molar-refractivity contribution in [1.29, 1.82) is 0 Å². The molecule has 0 aliphatic heterocycles. The molecule has 1 heterocycles. The maximum Gasteiger partial charge on any atom is 0.154 e. The summed E-state index contributed by atoms with van der Waals surface area (Å²) in [6.07, 6.45) is 0. The highest BCUT2D eigenvalue weighted by Crippen LogP contribution is 2.44. The van der Waals surface area contributed by atoms with Gasteiger partial charge in [0.2, 0.25) is 0 Å². The van der Waals surface area contributed by atoms with E-state index in [1.54, 1.807) is 0 Å². The maximum absolute atomic E-state index is 7.14. The van der Waals surface area contributed by atoms with Gasteiger partial charge in [0.1, 0.15) is 5.58 Å². The van der Waals surface area contributed by atoms with Crippen LogP contribution < -0.4 is 5.32 Å². The molecule has 0 radical (unpaired) electrons. The second-order valence-corrected chi connectivity index (χ2v) is 15.1. The zero-order chi connectivity index (χ0) is 37.9. The minimum absolute atomic E-state index is 0.593. The second-order valence-electron chi connectivity index (χ2n) is 14.7. The van der Waals surface area contributed by atoms with E-state index < -0.39 is 0 Å². The molecular formula is C54H34ClNO. The Morgan fingerprint density at radius 3 is 1.67 bits per heavy atom. The van der Waals surface area contributed by atoms with E-state index in [0.717, 1.165) is 66.7 Å². The highest BCUT2D eigenvalue weighted by Gasteiger charge is 2.19. The molecular weight excluding hydrogens is 714 g/mol. The summed E-state index contributed by atoms with van der Waals surface area (Å²) in [6.45, 7) is 0. The first-order valence-electron chi connectivity index (χ1n) is 19.3. The van der Waals surface area contributed by atoms with Crippen molar-refractivity contribution in [3.05, 3.63) is 205 Å². The molecule has 0 bridgehead atoms. The molecule has 57 heavy (non-hydrogen) atoms. The second kappa shape index (κ2) is 13.6. The highest BCUT2D eigenvalue weighted by molar-refractivity contribution is 6.36. The summed E-state index contributed by atoms with van der Waals surface area (Å²) >= 11 is 7.14. The average Bonchev–Trinajstić information content (AvgIpc) is 3.65. The van der Waals surface area contributed by atoms with Crippen LogP contribution in [0.25, 0.3) is 98.8 Å². The van der Waals surface area contributed by atoms with Crippen LogP contribution in [0.3, 0.4) is 0 Å². The van der Waals surface area contributed by atoms with Gasteiger partial charge in [0.05, 0.1) is 5.02 Å². The molecule has 10 aromatic carbocycles.